The van der Waals surface area contributed by atoms with Gasteiger partial charge in [0.1, 0.15) is 0 Å². The van der Waals surface area contributed by atoms with Crippen LogP contribution in [0.2, 0.25) is 0 Å². The van der Waals surface area contributed by atoms with E-state index in [4.69, 9.17) is 0 Å². The first-order valence-electron chi connectivity index (χ1n) is 9.86. The van der Waals surface area contributed by atoms with Crippen molar-refractivity contribution in [3.05, 3.63) is 75.5 Å². The smallest absolute Gasteiger partial charge is 0.266 e. The molecule has 3 aromatic rings. The molecule has 0 amide bonds. The maximum Gasteiger partial charge on any atom is 0.266 e. The Morgan fingerprint density at radius 1 is 1.07 bits per heavy atom. The van der Waals surface area contributed by atoms with E-state index in [1.54, 1.807) is 46.2 Å². The van der Waals surface area contributed by atoms with Crippen LogP contribution in [0.25, 0.3) is 11.3 Å². The lowest BCUT2D eigenvalue weighted by molar-refractivity contribution is 0.216. The van der Waals surface area contributed by atoms with Gasteiger partial charge in [0.25, 0.3) is 11.1 Å². The van der Waals surface area contributed by atoms with Crippen molar-refractivity contribution in [2.75, 3.05) is 13.1 Å². The highest BCUT2D eigenvalue weighted by Crippen LogP contribution is 2.19. The van der Waals surface area contributed by atoms with Crippen molar-refractivity contribution >= 4 is 0 Å². The van der Waals surface area contributed by atoms with Gasteiger partial charge < -0.3 is 0 Å². The molecule has 4 heterocycles. The van der Waals surface area contributed by atoms with Crippen molar-refractivity contribution in [2.24, 2.45) is 0 Å². The summed E-state index contributed by atoms with van der Waals surface area (Å²) in [4.78, 5) is 35.0. The second-order valence-electron chi connectivity index (χ2n) is 7.37. The van der Waals surface area contributed by atoms with Crippen LogP contribution in [-0.2, 0) is 13.1 Å². The van der Waals surface area contributed by atoms with Crippen molar-refractivity contribution in [1.29, 1.82) is 0 Å². The van der Waals surface area contributed by atoms with Crippen LogP contribution in [0.15, 0.2) is 58.6 Å². The number of nitrogens with zero attached hydrogens (tertiary/aromatic N) is 6. The Balaban J connectivity index is 1.47. The number of hydrogen-bond acceptors (Lipinski definition) is 6. The summed E-state index contributed by atoms with van der Waals surface area (Å²) in [6.07, 6.45) is 7.12. The van der Waals surface area contributed by atoms with Crippen LogP contribution in [0.3, 0.4) is 0 Å². The van der Waals surface area contributed by atoms with Gasteiger partial charge in [-0.3, -0.25) is 24.0 Å². The normalized spacial score (nSPS) is 16.9. The molecule has 8 nitrogen and oxygen atoms in total. The first-order chi connectivity index (χ1) is 14.1. The molecule has 1 unspecified atom stereocenters. The minimum Gasteiger partial charge on any atom is -0.298 e. The van der Waals surface area contributed by atoms with Crippen LogP contribution in [0, 0.1) is 6.92 Å². The first kappa shape index (κ1) is 19.2. The molecule has 0 aromatic carbocycles. The second kappa shape index (κ2) is 8.48. The van der Waals surface area contributed by atoms with E-state index in [1.807, 2.05) is 19.1 Å². The molecule has 1 aliphatic rings. The minimum absolute atomic E-state index is 0.0313. The molecule has 1 fully saturated rings. The Morgan fingerprint density at radius 3 is 2.69 bits per heavy atom. The topological polar surface area (TPSA) is 85.9 Å². The lowest BCUT2D eigenvalue weighted by atomic mass is 10.2. The highest BCUT2D eigenvalue weighted by molar-refractivity contribution is 5.56. The van der Waals surface area contributed by atoms with Crippen LogP contribution >= 0.6 is 0 Å². The summed E-state index contributed by atoms with van der Waals surface area (Å²) >= 11 is 0. The SMILES string of the molecule is Cc1cc(=O)n(CCN2CCCC2Cn2nc(-c3ccncc3)ccc2=O)cn1. The van der Waals surface area contributed by atoms with Gasteiger partial charge in [-0.1, -0.05) is 0 Å². The van der Waals surface area contributed by atoms with Crippen molar-refractivity contribution in [3.8, 4) is 11.3 Å². The molecule has 0 aliphatic carbocycles. The lowest BCUT2D eigenvalue weighted by Crippen LogP contribution is -2.39. The molecule has 3 aromatic heterocycles. The average molecular weight is 392 g/mol. The molecule has 0 saturated carbocycles. The number of likely N-dealkylation sites (tertiary alicyclic amines) is 1. The Bertz CT molecular complexity index is 1090. The number of rotatable bonds is 6. The number of aromatic nitrogens is 5. The summed E-state index contributed by atoms with van der Waals surface area (Å²) in [5.74, 6) is 0. The van der Waals surface area contributed by atoms with Crippen LogP contribution < -0.4 is 11.1 Å². The summed E-state index contributed by atoms with van der Waals surface area (Å²) in [6, 6.07) is 8.85. The molecule has 1 aliphatic heterocycles. The number of aryl methyl sites for hydroxylation is 1. The summed E-state index contributed by atoms with van der Waals surface area (Å²) in [6.45, 7) is 4.64. The van der Waals surface area contributed by atoms with Crippen LogP contribution in [0.4, 0.5) is 0 Å². The zero-order valence-corrected chi connectivity index (χ0v) is 16.4. The third kappa shape index (κ3) is 4.48. The fraction of sp³-hybridized carbons (Fsp3) is 0.381. The molecule has 0 bridgehead atoms. The van der Waals surface area contributed by atoms with E-state index in [0.29, 0.717) is 13.1 Å². The summed E-state index contributed by atoms with van der Waals surface area (Å²) in [5, 5.41) is 4.57. The monoisotopic (exact) mass is 392 g/mol. The molecule has 8 heteroatoms. The van der Waals surface area contributed by atoms with Crippen molar-refractivity contribution in [3.63, 3.8) is 0 Å². The highest BCUT2D eigenvalue weighted by atomic mass is 16.1. The van der Waals surface area contributed by atoms with Gasteiger partial charge in [0.2, 0.25) is 0 Å². The first-order valence-corrected chi connectivity index (χ1v) is 9.86. The Labute approximate surface area is 168 Å². The quantitative estimate of drug-likeness (QED) is 0.629. The predicted molar refractivity (Wildman–Crippen MR) is 110 cm³/mol. The molecule has 0 spiro atoms. The van der Waals surface area contributed by atoms with E-state index in [-0.39, 0.29) is 17.2 Å². The van der Waals surface area contributed by atoms with Crippen molar-refractivity contribution in [1.82, 2.24) is 29.2 Å². The van der Waals surface area contributed by atoms with E-state index in [2.05, 4.69) is 20.0 Å². The summed E-state index contributed by atoms with van der Waals surface area (Å²) < 4.78 is 3.19. The van der Waals surface area contributed by atoms with Gasteiger partial charge in [-0.05, 0) is 44.5 Å². The van der Waals surface area contributed by atoms with E-state index < -0.39 is 0 Å². The van der Waals surface area contributed by atoms with E-state index in [1.165, 1.54) is 0 Å². The van der Waals surface area contributed by atoms with Crippen molar-refractivity contribution in [2.45, 2.75) is 38.9 Å². The van der Waals surface area contributed by atoms with Gasteiger partial charge in [-0.15, -0.1) is 0 Å². The molecular weight excluding hydrogens is 368 g/mol. The summed E-state index contributed by atoms with van der Waals surface area (Å²) in [5.41, 5.74) is 2.28. The standard InChI is InChI=1S/C21H24N6O2/c1-16-13-21(29)26(15-23-16)12-11-25-10-2-3-18(25)14-27-20(28)5-4-19(24-27)17-6-8-22-9-7-17/h4-9,13,15,18H,2-3,10-12,14H2,1H3. The number of hydrogen-bond donors (Lipinski definition) is 0. The summed E-state index contributed by atoms with van der Waals surface area (Å²) in [7, 11) is 0. The molecule has 29 heavy (non-hydrogen) atoms. The minimum atomic E-state index is -0.103. The lowest BCUT2D eigenvalue weighted by Gasteiger charge is -2.25. The van der Waals surface area contributed by atoms with Crippen LogP contribution in [-0.4, -0.2) is 48.3 Å². The third-order valence-electron chi connectivity index (χ3n) is 5.37. The van der Waals surface area contributed by atoms with Crippen molar-refractivity contribution < 1.29 is 0 Å². The molecule has 1 atom stereocenters. The molecular formula is C21H24N6O2. The largest absolute Gasteiger partial charge is 0.298 e. The van der Waals surface area contributed by atoms with E-state index in [9.17, 15) is 9.59 Å². The molecule has 1 saturated heterocycles. The van der Waals surface area contributed by atoms with Gasteiger partial charge in [-0.25, -0.2) is 9.67 Å². The maximum absolute atomic E-state index is 12.4. The zero-order chi connectivity index (χ0) is 20.2. The second-order valence-corrected chi connectivity index (χ2v) is 7.37. The van der Waals surface area contributed by atoms with Crippen LogP contribution in [0.1, 0.15) is 18.5 Å². The molecule has 4 rings (SSSR count). The van der Waals surface area contributed by atoms with Gasteiger partial charge in [0.15, 0.2) is 0 Å². The van der Waals surface area contributed by atoms with Gasteiger partial charge >= 0.3 is 0 Å². The highest BCUT2D eigenvalue weighted by Gasteiger charge is 2.25. The van der Waals surface area contributed by atoms with E-state index in [0.717, 1.165) is 42.9 Å². The van der Waals surface area contributed by atoms with Gasteiger partial charge in [0.05, 0.1) is 18.6 Å². The predicted octanol–water partition coefficient (Wildman–Crippen LogP) is 1.34. The Kier molecular flexibility index (Phi) is 5.62. The Morgan fingerprint density at radius 2 is 1.90 bits per heavy atom. The molecule has 150 valence electrons. The third-order valence-corrected chi connectivity index (χ3v) is 5.37. The van der Waals surface area contributed by atoms with Gasteiger partial charge in [-0.2, -0.15) is 5.10 Å². The number of pyridine rings is 1. The zero-order valence-electron chi connectivity index (χ0n) is 16.4. The average Bonchev–Trinajstić information content (AvgIpc) is 3.17. The van der Waals surface area contributed by atoms with Crippen LogP contribution in [0.5, 0.6) is 0 Å². The fourth-order valence-electron chi connectivity index (χ4n) is 3.77. The molecule has 0 radical (unpaired) electrons. The fourth-order valence-corrected chi connectivity index (χ4v) is 3.77. The van der Waals surface area contributed by atoms with Gasteiger partial charge in [0, 0.05) is 54.9 Å². The molecule has 0 N–H and O–H groups in total. The van der Waals surface area contributed by atoms with E-state index >= 15 is 0 Å². The Hall–Kier alpha value is -3.13. The maximum atomic E-state index is 12.4.